The maximum atomic E-state index is 11.8. The van der Waals surface area contributed by atoms with Gasteiger partial charge in [0.15, 0.2) is 0 Å². The maximum Gasteiger partial charge on any atom is 0.290 e. The van der Waals surface area contributed by atoms with Crippen LogP contribution in [-0.2, 0) is 0 Å². The quantitative estimate of drug-likeness (QED) is 0.631. The molecular formula is C12H17N5O. The van der Waals surface area contributed by atoms with Gasteiger partial charge >= 0.3 is 0 Å². The summed E-state index contributed by atoms with van der Waals surface area (Å²) in [7, 11) is 3.97. The lowest BCUT2D eigenvalue weighted by molar-refractivity contribution is -0.641. The van der Waals surface area contributed by atoms with E-state index in [9.17, 15) is 5.21 Å². The first-order valence-corrected chi connectivity index (χ1v) is 5.83. The van der Waals surface area contributed by atoms with Crippen LogP contribution in [0, 0.1) is 12.1 Å². The predicted molar refractivity (Wildman–Crippen MR) is 70.3 cm³/mol. The lowest BCUT2D eigenvalue weighted by Gasteiger charge is -2.09. The van der Waals surface area contributed by atoms with E-state index in [1.165, 1.54) is 0 Å². The van der Waals surface area contributed by atoms with Crippen molar-refractivity contribution in [1.29, 1.82) is 0 Å². The van der Waals surface area contributed by atoms with Crippen molar-refractivity contribution in [3.05, 3.63) is 29.0 Å². The van der Waals surface area contributed by atoms with Gasteiger partial charge in [-0.1, -0.05) is 6.07 Å². The molecule has 1 aromatic carbocycles. The van der Waals surface area contributed by atoms with E-state index in [4.69, 9.17) is 0 Å². The largest absolute Gasteiger partial charge is 0.594 e. The number of hydrogen-bond acceptors (Lipinski definition) is 5. The highest BCUT2D eigenvalue weighted by Gasteiger charge is 2.10. The second-order valence-electron chi connectivity index (χ2n) is 4.53. The highest BCUT2D eigenvalue weighted by molar-refractivity contribution is 5.72. The van der Waals surface area contributed by atoms with Crippen molar-refractivity contribution in [2.75, 3.05) is 32.5 Å². The molecule has 0 radical (unpaired) electrons. The minimum absolute atomic E-state index is 0.364. The van der Waals surface area contributed by atoms with Gasteiger partial charge in [0.25, 0.3) is 11.5 Å². The first kappa shape index (κ1) is 12.5. The third-order valence-corrected chi connectivity index (χ3v) is 2.59. The number of rotatable bonds is 4. The summed E-state index contributed by atoms with van der Waals surface area (Å²) >= 11 is 0. The highest BCUT2D eigenvalue weighted by atomic mass is 16.5. The van der Waals surface area contributed by atoms with Crippen LogP contribution in [-0.4, -0.2) is 42.2 Å². The average Bonchev–Trinajstić information content (AvgIpc) is 2.30. The maximum absolute atomic E-state index is 11.8. The Bertz CT molecular complexity index is 555. The Morgan fingerprint density at radius 1 is 1.39 bits per heavy atom. The Morgan fingerprint density at radius 3 is 2.89 bits per heavy atom. The van der Waals surface area contributed by atoms with Crippen molar-refractivity contribution in [2.45, 2.75) is 6.92 Å². The summed E-state index contributed by atoms with van der Waals surface area (Å²) in [6.45, 7) is 3.49. The molecule has 1 heterocycles. The zero-order valence-electron chi connectivity index (χ0n) is 10.8. The van der Waals surface area contributed by atoms with Crippen molar-refractivity contribution in [3.63, 3.8) is 0 Å². The molecule has 0 bridgehead atoms. The standard InChI is InChI=1S/C12H17N5O/c1-9-4-5-10-11(8-9)17(18)15-12(14-10)13-6-7-16(2)3/h4-5,8H,6-7H2,1-3H3,(H,13,14,15). The van der Waals surface area contributed by atoms with Crippen molar-refractivity contribution in [2.24, 2.45) is 0 Å². The van der Waals surface area contributed by atoms with Crippen molar-refractivity contribution >= 4 is 17.0 Å². The Labute approximate surface area is 106 Å². The summed E-state index contributed by atoms with van der Waals surface area (Å²) < 4.78 is 0. The van der Waals surface area contributed by atoms with Gasteiger partial charge in [0, 0.05) is 19.2 Å². The fraction of sp³-hybridized carbons (Fsp3) is 0.417. The minimum atomic E-state index is 0.364. The Hall–Kier alpha value is -1.95. The van der Waals surface area contributed by atoms with Crippen molar-refractivity contribution in [3.8, 4) is 0 Å². The monoisotopic (exact) mass is 247 g/mol. The number of nitrogens with zero attached hydrogens (tertiary/aromatic N) is 4. The molecule has 6 heteroatoms. The summed E-state index contributed by atoms with van der Waals surface area (Å²) in [4.78, 5) is 6.98. The van der Waals surface area contributed by atoms with Crippen LogP contribution in [0.3, 0.4) is 0 Å². The van der Waals surface area contributed by atoms with E-state index in [0.29, 0.717) is 28.4 Å². The first-order valence-electron chi connectivity index (χ1n) is 5.83. The number of anilines is 1. The predicted octanol–water partition coefficient (Wildman–Crippen LogP) is 0.545. The third-order valence-electron chi connectivity index (χ3n) is 2.59. The van der Waals surface area contributed by atoms with Gasteiger partial charge in [-0.3, -0.25) is 0 Å². The summed E-state index contributed by atoms with van der Waals surface area (Å²) in [5.41, 5.74) is 2.16. The zero-order chi connectivity index (χ0) is 13.1. The van der Waals surface area contributed by atoms with Gasteiger partial charge in [0.1, 0.15) is 5.52 Å². The molecule has 0 aliphatic heterocycles. The summed E-state index contributed by atoms with van der Waals surface area (Å²) in [6, 6.07) is 5.54. The average molecular weight is 247 g/mol. The molecule has 0 atom stereocenters. The minimum Gasteiger partial charge on any atom is -0.594 e. The van der Waals surface area contributed by atoms with E-state index >= 15 is 0 Å². The molecule has 0 aliphatic rings. The Kier molecular flexibility index (Phi) is 3.57. The van der Waals surface area contributed by atoms with Crippen LogP contribution in [0.25, 0.3) is 11.0 Å². The van der Waals surface area contributed by atoms with E-state index < -0.39 is 0 Å². The van der Waals surface area contributed by atoms with Gasteiger partial charge in [0.05, 0.1) is 5.10 Å². The van der Waals surface area contributed by atoms with E-state index in [1.807, 2.05) is 38.1 Å². The van der Waals surface area contributed by atoms with Crippen LogP contribution in [0.4, 0.5) is 5.95 Å². The van der Waals surface area contributed by atoms with E-state index in [-0.39, 0.29) is 0 Å². The SMILES string of the molecule is Cc1ccc2nc(NCCN(C)C)n[n+]([O-])c2c1. The van der Waals surface area contributed by atoms with Crippen LogP contribution >= 0.6 is 0 Å². The molecule has 0 spiro atoms. The van der Waals surface area contributed by atoms with E-state index in [1.54, 1.807) is 6.07 Å². The highest BCUT2D eigenvalue weighted by Crippen LogP contribution is 2.10. The second kappa shape index (κ2) is 5.14. The number of aromatic nitrogens is 3. The lowest BCUT2D eigenvalue weighted by Crippen LogP contribution is -2.34. The number of likely N-dealkylation sites (N-methyl/N-ethyl adjacent to an activating group) is 1. The smallest absolute Gasteiger partial charge is 0.290 e. The molecule has 0 amide bonds. The van der Waals surface area contributed by atoms with Gasteiger partial charge in [-0.25, -0.2) is 4.98 Å². The number of hydrogen-bond donors (Lipinski definition) is 1. The fourth-order valence-electron chi connectivity index (χ4n) is 1.62. The van der Waals surface area contributed by atoms with Crippen LogP contribution in [0.15, 0.2) is 18.2 Å². The second-order valence-corrected chi connectivity index (χ2v) is 4.53. The third kappa shape index (κ3) is 2.84. The molecule has 18 heavy (non-hydrogen) atoms. The summed E-state index contributed by atoms with van der Waals surface area (Å²) in [6.07, 6.45) is 0. The zero-order valence-corrected chi connectivity index (χ0v) is 10.8. The molecule has 0 fully saturated rings. The van der Waals surface area contributed by atoms with Crippen LogP contribution in [0.5, 0.6) is 0 Å². The molecule has 96 valence electrons. The van der Waals surface area contributed by atoms with Gasteiger partial charge < -0.3 is 15.4 Å². The van der Waals surface area contributed by atoms with Crippen LogP contribution in [0.2, 0.25) is 0 Å². The fourth-order valence-corrected chi connectivity index (χ4v) is 1.62. The number of aryl methyl sites for hydroxylation is 1. The summed E-state index contributed by atoms with van der Waals surface area (Å²) in [5.74, 6) is 0.364. The molecule has 0 unspecified atom stereocenters. The first-order chi connectivity index (χ1) is 8.56. The van der Waals surface area contributed by atoms with Crippen molar-refractivity contribution < 1.29 is 4.85 Å². The summed E-state index contributed by atoms with van der Waals surface area (Å²) in [5, 5.41) is 18.7. The van der Waals surface area contributed by atoms with Gasteiger partial charge in [0.2, 0.25) is 0 Å². The number of fused-ring (bicyclic) bond motifs is 1. The van der Waals surface area contributed by atoms with Gasteiger partial charge in [-0.05, 0) is 37.5 Å². The molecule has 6 nitrogen and oxygen atoms in total. The topological polar surface area (TPSA) is 68.0 Å². The van der Waals surface area contributed by atoms with Gasteiger partial charge in [-0.15, -0.1) is 0 Å². The Morgan fingerprint density at radius 2 is 2.17 bits per heavy atom. The normalized spacial score (nSPS) is 11.1. The molecule has 2 rings (SSSR count). The molecule has 0 saturated heterocycles. The molecule has 0 saturated carbocycles. The van der Waals surface area contributed by atoms with E-state index in [0.717, 1.165) is 12.1 Å². The molecular weight excluding hydrogens is 230 g/mol. The van der Waals surface area contributed by atoms with Crippen molar-refractivity contribution in [1.82, 2.24) is 15.0 Å². The number of nitrogens with one attached hydrogen (secondary N) is 1. The molecule has 0 aliphatic carbocycles. The lowest BCUT2D eigenvalue weighted by atomic mass is 10.2. The molecule has 2 aromatic rings. The number of benzene rings is 1. The Balaban J connectivity index is 2.23. The van der Waals surface area contributed by atoms with Crippen LogP contribution in [0.1, 0.15) is 5.56 Å². The van der Waals surface area contributed by atoms with Crippen LogP contribution < -0.4 is 10.2 Å². The van der Waals surface area contributed by atoms with E-state index in [2.05, 4.69) is 15.4 Å². The van der Waals surface area contributed by atoms with Gasteiger partial charge in [-0.2, -0.15) is 0 Å². The molecule has 1 aromatic heterocycles. The molecule has 1 N–H and O–H groups in total.